The summed E-state index contributed by atoms with van der Waals surface area (Å²) in [5.74, 6) is -1.79. The molecule has 9 N–H and O–H groups in total. The molecule has 0 aliphatic carbocycles. The van der Waals surface area contributed by atoms with Crippen LogP contribution in [0.3, 0.4) is 0 Å². The SMILES string of the molecule is N=C(N)N1CCC[C@H](NC(=O)[C@@H]2CCCN2C(=O)[C@@H](Cc2ccc(O)cc2)NC(=O)[C@H](O)CCc2ccc(O)cc2)[C@@H]1O. The molecule has 2 saturated heterocycles. The quantitative estimate of drug-likeness (QED) is 0.136. The van der Waals surface area contributed by atoms with Crippen molar-refractivity contribution in [2.24, 2.45) is 5.73 Å². The van der Waals surface area contributed by atoms with E-state index in [1.54, 1.807) is 24.3 Å². The standard InChI is InChI=1S/C30H40N6O7/c31-30(32)36-16-1-3-22(28(36)42)33-26(40)24-4-2-15-35(24)29(43)23(17-19-7-12-21(38)13-8-19)34-27(41)25(39)14-9-18-5-10-20(37)11-6-18/h5-8,10-13,22-25,28,37-39,42H,1-4,9,14-17H2,(H3,31,32)(H,33,40)(H,34,41)/t22-,23+,24-,25+,28-/m0/s1. The van der Waals surface area contributed by atoms with Gasteiger partial charge in [0.1, 0.15) is 35.9 Å². The van der Waals surface area contributed by atoms with E-state index in [1.807, 2.05) is 0 Å². The van der Waals surface area contributed by atoms with Crippen LogP contribution in [-0.4, -0.2) is 97.5 Å². The van der Waals surface area contributed by atoms with Crippen LogP contribution >= 0.6 is 0 Å². The summed E-state index contributed by atoms with van der Waals surface area (Å²) < 4.78 is 0. The molecule has 2 aromatic rings. The summed E-state index contributed by atoms with van der Waals surface area (Å²) in [4.78, 5) is 43.0. The van der Waals surface area contributed by atoms with Crippen LogP contribution in [0.15, 0.2) is 48.5 Å². The largest absolute Gasteiger partial charge is 0.508 e. The van der Waals surface area contributed by atoms with Gasteiger partial charge in [-0.3, -0.25) is 19.8 Å². The van der Waals surface area contributed by atoms with Crippen molar-refractivity contribution in [1.82, 2.24) is 20.4 Å². The summed E-state index contributed by atoms with van der Waals surface area (Å²) in [5.41, 5.74) is 7.04. The molecule has 0 spiro atoms. The minimum Gasteiger partial charge on any atom is -0.508 e. The molecule has 2 aromatic carbocycles. The van der Waals surface area contributed by atoms with Crippen LogP contribution in [0, 0.1) is 5.41 Å². The second-order valence-electron chi connectivity index (χ2n) is 11.1. The number of carbonyl (C=O) groups is 3. The maximum atomic E-state index is 13.9. The topological polar surface area (TPSA) is 213 Å². The number of phenolic OH excluding ortho intramolecular Hbond substituents is 2. The van der Waals surface area contributed by atoms with Gasteiger partial charge in [-0.2, -0.15) is 0 Å². The van der Waals surface area contributed by atoms with Gasteiger partial charge in [-0.1, -0.05) is 24.3 Å². The van der Waals surface area contributed by atoms with Crippen LogP contribution in [0.2, 0.25) is 0 Å². The van der Waals surface area contributed by atoms with Crippen LogP contribution in [0.4, 0.5) is 0 Å². The normalized spacial score (nSPS) is 21.6. The molecule has 2 aliphatic heterocycles. The number of likely N-dealkylation sites (tertiary alicyclic amines) is 2. The summed E-state index contributed by atoms with van der Waals surface area (Å²) in [6.07, 6.45) is 0.0145. The molecule has 2 aliphatic rings. The predicted octanol–water partition coefficient (Wildman–Crippen LogP) is -0.0977. The van der Waals surface area contributed by atoms with E-state index in [9.17, 15) is 34.8 Å². The van der Waals surface area contributed by atoms with E-state index in [0.29, 0.717) is 44.2 Å². The number of hydrogen-bond acceptors (Lipinski definition) is 8. The number of hydrogen-bond donors (Lipinski definition) is 8. The average molecular weight is 597 g/mol. The molecule has 4 rings (SSSR count). The minimum absolute atomic E-state index is 0.0461. The van der Waals surface area contributed by atoms with Crippen molar-refractivity contribution in [3.63, 3.8) is 0 Å². The van der Waals surface area contributed by atoms with E-state index in [0.717, 1.165) is 5.56 Å². The first-order chi connectivity index (χ1) is 20.5. The van der Waals surface area contributed by atoms with Gasteiger partial charge in [0.2, 0.25) is 17.7 Å². The van der Waals surface area contributed by atoms with Gasteiger partial charge in [0.15, 0.2) is 5.96 Å². The summed E-state index contributed by atoms with van der Waals surface area (Å²) in [6.45, 7) is 0.686. The summed E-state index contributed by atoms with van der Waals surface area (Å²) in [5, 5.41) is 53.5. The lowest BCUT2D eigenvalue weighted by Gasteiger charge is -2.39. The molecule has 0 unspecified atom stereocenters. The fourth-order valence-electron chi connectivity index (χ4n) is 5.60. The molecule has 0 bridgehead atoms. The number of aromatic hydroxyl groups is 2. The number of nitrogens with two attached hydrogens (primary N) is 1. The number of amides is 3. The number of carbonyl (C=O) groups excluding carboxylic acids is 3. The Hall–Kier alpha value is -4.36. The maximum absolute atomic E-state index is 13.9. The van der Waals surface area contributed by atoms with E-state index in [-0.39, 0.29) is 36.8 Å². The number of aryl methyl sites for hydroxylation is 1. The number of nitrogens with zero attached hydrogens (tertiary/aromatic N) is 2. The zero-order chi connectivity index (χ0) is 31.1. The molecule has 43 heavy (non-hydrogen) atoms. The van der Waals surface area contributed by atoms with Gasteiger partial charge in [0, 0.05) is 19.5 Å². The van der Waals surface area contributed by atoms with Gasteiger partial charge in [-0.05, 0) is 73.9 Å². The van der Waals surface area contributed by atoms with E-state index in [2.05, 4.69) is 10.6 Å². The molecule has 13 heteroatoms. The second-order valence-corrected chi connectivity index (χ2v) is 11.1. The molecular formula is C30H40N6O7. The molecule has 0 saturated carbocycles. The Morgan fingerprint density at radius 2 is 1.51 bits per heavy atom. The molecular weight excluding hydrogens is 556 g/mol. The lowest BCUT2D eigenvalue weighted by Crippen LogP contribution is -2.61. The number of aliphatic hydroxyl groups is 2. The molecule has 232 valence electrons. The van der Waals surface area contributed by atoms with Crippen molar-refractivity contribution < 1.29 is 34.8 Å². The van der Waals surface area contributed by atoms with E-state index >= 15 is 0 Å². The fraction of sp³-hybridized carbons (Fsp3) is 0.467. The number of phenols is 2. The highest BCUT2D eigenvalue weighted by Gasteiger charge is 2.40. The van der Waals surface area contributed by atoms with Gasteiger partial charge in [0.05, 0.1) is 6.04 Å². The zero-order valence-electron chi connectivity index (χ0n) is 23.9. The van der Waals surface area contributed by atoms with Crippen molar-refractivity contribution in [2.75, 3.05) is 13.1 Å². The number of nitrogens with one attached hydrogen (secondary N) is 3. The zero-order valence-corrected chi connectivity index (χ0v) is 23.9. The summed E-state index contributed by atoms with van der Waals surface area (Å²) in [7, 11) is 0. The van der Waals surface area contributed by atoms with Crippen molar-refractivity contribution >= 4 is 23.7 Å². The number of rotatable bonds is 10. The maximum Gasteiger partial charge on any atom is 0.249 e. The Labute approximate surface area is 249 Å². The molecule has 3 amide bonds. The highest BCUT2D eigenvalue weighted by atomic mass is 16.3. The van der Waals surface area contributed by atoms with Crippen LogP contribution in [-0.2, 0) is 27.2 Å². The highest BCUT2D eigenvalue weighted by molar-refractivity contribution is 5.93. The van der Waals surface area contributed by atoms with Crippen molar-refractivity contribution in [3.8, 4) is 11.5 Å². The first kappa shape index (κ1) is 31.6. The van der Waals surface area contributed by atoms with Crippen molar-refractivity contribution in [1.29, 1.82) is 5.41 Å². The number of aliphatic hydroxyl groups excluding tert-OH is 2. The molecule has 5 atom stereocenters. The summed E-state index contributed by atoms with van der Waals surface area (Å²) >= 11 is 0. The molecule has 0 aromatic heterocycles. The van der Waals surface area contributed by atoms with Crippen LogP contribution in [0.1, 0.15) is 43.2 Å². The molecule has 13 nitrogen and oxygen atoms in total. The Balaban J connectivity index is 1.45. The third kappa shape index (κ3) is 8.14. The van der Waals surface area contributed by atoms with Crippen LogP contribution in [0.25, 0.3) is 0 Å². The Bertz CT molecular complexity index is 1290. The smallest absolute Gasteiger partial charge is 0.249 e. The van der Waals surface area contributed by atoms with Gasteiger partial charge in [-0.25, -0.2) is 0 Å². The Morgan fingerprint density at radius 1 is 0.930 bits per heavy atom. The fourth-order valence-corrected chi connectivity index (χ4v) is 5.60. The van der Waals surface area contributed by atoms with Crippen LogP contribution < -0.4 is 16.4 Å². The van der Waals surface area contributed by atoms with E-state index in [1.165, 1.54) is 34.1 Å². The third-order valence-electron chi connectivity index (χ3n) is 8.01. The summed E-state index contributed by atoms with van der Waals surface area (Å²) in [6, 6.07) is 10.0. The van der Waals surface area contributed by atoms with Crippen molar-refractivity contribution in [2.45, 2.75) is 75.4 Å². The first-order valence-corrected chi connectivity index (χ1v) is 14.5. The highest BCUT2D eigenvalue weighted by Crippen LogP contribution is 2.22. The Kier molecular flexibility index (Phi) is 10.4. The lowest BCUT2D eigenvalue weighted by atomic mass is 10.0. The van der Waals surface area contributed by atoms with E-state index < -0.39 is 48.2 Å². The van der Waals surface area contributed by atoms with Gasteiger partial charge >= 0.3 is 0 Å². The first-order valence-electron chi connectivity index (χ1n) is 14.5. The number of guanidine groups is 1. The lowest BCUT2D eigenvalue weighted by molar-refractivity contribution is -0.143. The van der Waals surface area contributed by atoms with E-state index in [4.69, 9.17) is 11.1 Å². The molecule has 2 heterocycles. The monoisotopic (exact) mass is 596 g/mol. The average Bonchev–Trinajstić information content (AvgIpc) is 3.48. The second kappa shape index (κ2) is 14.2. The minimum atomic E-state index is -1.40. The van der Waals surface area contributed by atoms with Gasteiger partial charge in [-0.15, -0.1) is 0 Å². The Morgan fingerprint density at radius 3 is 2.14 bits per heavy atom. The van der Waals surface area contributed by atoms with Gasteiger partial charge in [0.25, 0.3) is 0 Å². The van der Waals surface area contributed by atoms with Gasteiger partial charge < -0.3 is 46.6 Å². The van der Waals surface area contributed by atoms with Crippen molar-refractivity contribution in [3.05, 3.63) is 59.7 Å². The molecule has 0 radical (unpaired) electrons. The van der Waals surface area contributed by atoms with Crippen LogP contribution in [0.5, 0.6) is 11.5 Å². The predicted molar refractivity (Wildman–Crippen MR) is 157 cm³/mol. The number of benzene rings is 2. The third-order valence-corrected chi connectivity index (χ3v) is 8.01. The number of piperidine rings is 1. The molecule has 2 fully saturated rings.